The first-order valence-corrected chi connectivity index (χ1v) is 9.57. The molecule has 1 fully saturated rings. The van der Waals surface area contributed by atoms with Crippen molar-refractivity contribution in [1.82, 2.24) is 29.8 Å². The van der Waals surface area contributed by atoms with Gasteiger partial charge in [0.25, 0.3) is 5.91 Å². The fraction of sp³-hybridized carbons (Fsp3) is 0.450. The van der Waals surface area contributed by atoms with Gasteiger partial charge in [0.05, 0.1) is 28.8 Å². The molecule has 0 bridgehead atoms. The minimum Gasteiger partial charge on any atom is -0.361 e. The lowest BCUT2D eigenvalue weighted by molar-refractivity contribution is 0.0723. The van der Waals surface area contributed by atoms with Crippen LogP contribution in [0, 0.1) is 13.8 Å². The van der Waals surface area contributed by atoms with Gasteiger partial charge >= 0.3 is 0 Å². The molecule has 8 heteroatoms. The van der Waals surface area contributed by atoms with Crippen molar-refractivity contribution in [3.8, 4) is 11.3 Å². The van der Waals surface area contributed by atoms with Crippen LogP contribution in [0.4, 0.5) is 0 Å². The Morgan fingerprint density at radius 1 is 1.32 bits per heavy atom. The highest BCUT2D eigenvalue weighted by Gasteiger charge is 2.30. The van der Waals surface area contributed by atoms with Crippen LogP contribution in [0.15, 0.2) is 29.2 Å². The SMILES string of the molecule is Cc1noc(C)c1-c1cncc(CCC2CCCN2C(=O)c2ccn(C)n2)n1. The Labute approximate surface area is 163 Å². The van der Waals surface area contributed by atoms with Gasteiger partial charge in [0.1, 0.15) is 11.5 Å². The molecule has 28 heavy (non-hydrogen) atoms. The molecule has 0 aromatic carbocycles. The predicted molar refractivity (Wildman–Crippen MR) is 103 cm³/mol. The van der Waals surface area contributed by atoms with Gasteiger partial charge in [-0.05, 0) is 45.6 Å². The predicted octanol–water partition coefficient (Wildman–Crippen LogP) is 2.72. The molecule has 4 heterocycles. The number of likely N-dealkylation sites (tertiary alicyclic amines) is 1. The number of aromatic nitrogens is 5. The second kappa shape index (κ2) is 7.53. The van der Waals surface area contributed by atoms with Crippen molar-refractivity contribution in [2.45, 2.75) is 45.6 Å². The highest BCUT2D eigenvalue weighted by atomic mass is 16.5. The minimum absolute atomic E-state index is 0.0126. The van der Waals surface area contributed by atoms with Crippen LogP contribution in [-0.2, 0) is 13.5 Å². The van der Waals surface area contributed by atoms with E-state index in [1.807, 2.05) is 25.8 Å². The smallest absolute Gasteiger partial charge is 0.274 e. The minimum atomic E-state index is 0.0126. The third-order valence-corrected chi connectivity index (χ3v) is 5.28. The van der Waals surface area contributed by atoms with Crippen LogP contribution in [0.2, 0.25) is 0 Å². The van der Waals surface area contributed by atoms with Crippen LogP contribution in [-0.4, -0.2) is 48.3 Å². The quantitative estimate of drug-likeness (QED) is 0.676. The maximum Gasteiger partial charge on any atom is 0.274 e. The maximum atomic E-state index is 12.8. The molecule has 8 nitrogen and oxygen atoms in total. The molecule has 0 aliphatic carbocycles. The van der Waals surface area contributed by atoms with E-state index >= 15 is 0 Å². The molecule has 3 aromatic rings. The van der Waals surface area contributed by atoms with Crippen molar-refractivity contribution >= 4 is 5.91 Å². The van der Waals surface area contributed by atoms with Gasteiger partial charge in [-0.2, -0.15) is 5.10 Å². The van der Waals surface area contributed by atoms with E-state index in [1.165, 1.54) is 0 Å². The van der Waals surface area contributed by atoms with E-state index in [0.29, 0.717) is 5.69 Å². The average molecular weight is 380 g/mol. The summed E-state index contributed by atoms with van der Waals surface area (Å²) < 4.78 is 6.91. The number of nitrogens with zero attached hydrogens (tertiary/aromatic N) is 6. The summed E-state index contributed by atoms with van der Waals surface area (Å²) in [6.07, 6.45) is 8.99. The molecular formula is C20H24N6O2. The van der Waals surface area contributed by atoms with Crippen molar-refractivity contribution in [2.75, 3.05) is 6.54 Å². The summed E-state index contributed by atoms with van der Waals surface area (Å²) >= 11 is 0. The topological polar surface area (TPSA) is 89.9 Å². The Morgan fingerprint density at radius 3 is 2.89 bits per heavy atom. The van der Waals surface area contributed by atoms with Crippen molar-refractivity contribution in [1.29, 1.82) is 0 Å². The van der Waals surface area contributed by atoms with Crippen LogP contribution in [0.1, 0.15) is 46.9 Å². The summed E-state index contributed by atoms with van der Waals surface area (Å²) in [4.78, 5) is 23.8. The maximum absolute atomic E-state index is 12.8. The Balaban J connectivity index is 1.45. The second-order valence-electron chi connectivity index (χ2n) is 7.30. The highest BCUT2D eigenvalue weighted by Crippen LogP contribution is 2.26. The molecule has 0 spiro atoms. The van der Waals surface area contributed by atoms with E-state index in [2.05, 4.69) is 15.2 Å². The molecular weight excluding hydrogens is 356 g/mol. The Morgan fingerprint density at radius 2 is 2.18 bits per heavy atom. The molecule has 0 radical (unpaired) electrons. The largest absolute Gasteiger partial charge is 0.361 e. The van der Waals surface area contributed by atoms with Gasteiger partial charge in [0.2, 0.25) is 0 Å². The average Bonchev–Trinajstić information content (AvgIpc) is 3.40. The lowest BCUT2D eigenvalue weighted by Crippen LogP contribution is -2.36. The fourth-order valence-corrected chi connectivity index (χ4v) is 3.89. The van der Waals surface area contributed by atoms with Gasteiger partial charge in [-0.15, -0.1) is 0 Å². The molecule has 1 atom stereocenters. The van der Waals surface area contributed by atoms with Crippen molar-refractivity contribution in [2.24, 2.45) is 7.05 Å². The summed E-state index contributed by atoms with van der Waals surface area (Å²) in [5.41, 5.74) is 3.92. The lowest BCUT2D eigenvalue weighted by Gasteiger charge is -2.23. The monoisotopic (exact) mass is 380 g/mol. The standard InChI is InChI=1S/C20H24N6O2/c1-13-19(14(2)28-24-13)18-12-21-11-15(22-18)6-7-16-5-4-9-26(16)20(27)17-8-10-25(3)23-17/h8,10-12,16H,4-7,9H2,1-3H3. The molecule has 1 saturated heterocycles. The van der Waals surface area contributed by atoms with Crippen LogP contribution < -0.4 is 0 Å². The number of carbonyl (C=O) groups excluding carboxylic acids is 1. The van der Waals surface area contributed by atoms with Crippen LogP contribution >= 0.6 is 0 Å². The molecule has 1 aliphatic heterocycles. The van der Waals surface area contributed by atoms with E-state index in [1.54, 1.807) is 29.3 Å². The number of amides is 1. The zero-order chi connectivity index (χ0) is 19.7. The van der Waals surface area contributed by atoms with Crippen molar-refractivity contribution in [3.05, 3.63) is 47.5 Å². The summed E-state index contributed by atoms with van der Waals surface area (Å²) in [5.74, 6) is 0.755. The van der Waals surface area contributed by atoms with Gasteiger partial charge in [-0.1, -0.05) is 5.16 Å². The zero-order valence-electron chi connectivity index (χ0n) is 16.4. The number of hydrogen-bond acceptors (Lipinski definition) is 6. The normalized spacial score (nSPS) is 16.7. The van der Waals surface area contributed by atoms with Crippen LogP contribution in [0.25, 0.3) is 11.3 Å². The van der Waals surface area contributed by atoms with E-state index in [0.717, 1.165) is 60.6 Å². The number of carbonyl (C=O) groups is 1. The Kier molecular flexibility index (Phi) is 4.93. The molecule has 4 rings (SSSR count). The first-order chi connectivity index (χ1) is 13.5. The fourth-order valence-electron chi connectivity index (χ4n) is 3.89. The summed E-state index contributed by atoms with van der Waals surface area (Å²) in [6.45, 7) is 4.56. The lowest BCUT2D eigenvalue weighted by atomic mass is 10.1. The van der Waals surface area contributed by atoms with E-state index in [-0.39, 0.29) is 11.9 Å². The Hall–Kier alpha value is -3.03. The van der Waals surface area contributed by atoms with Gasteiger partial charge in [-0.3, -0.25) is 14.5 Å². The highest BCUT2D eigenvalue weighted by molar-refractivity contribution is 5.92. The molecule has 0 saturated carbocycles. The van der Waals surface area contributed by atoms with E-state index in [4.69, 9.17) is 9.51 Å². The van der Waals surface area contributed by atoms with E-state index < -0.39 is 0 Å². The summed E-state index contributed by atoms with van der Waals surface area (Å²) in [5, 5.41) is 8.25. The molecule has 146 valence electrons. The first-order valence-electron chi connectivity index (χ1n) is 9.57. The number of rotatable bonds is 5. The number of aryl methyl sites for hydroxylation is 4. The van der Waals surface area contributed by atoms with E-state index in [9.17, 15) is 4.79 Å². The molecule has 1 unspecified atom stereocenters. The van der Waals surface area contributed by atoms with Gasteiger partial charge in [0.15, 0.2) is 0 Å². The summed E-state index contributed by atoms with van der Waals surface area (Å²) in [6, 6.07) is 1.98. The van der Waals surface area contributed by atoms with Crippen molar-refractivity contribution in [3.63, 3.8) is 0 Å². The zero-order valence-corrected chi connectivity index (χ0v) is 16.4. The van der Waals surface area contributed by atoms with Crippen LogP contribution in [0.3, 0.4) is 0 Å². The van der Waals surface area contributed by atoms with Crippen molar-refractivity contribution < 1.29 is 9.32 Å². The molecule has 1 aliphatic rings. The molecule has 0 N–H and O–H groups in total. The third-order valence-electron chi connectivity index (χ3n) is 5.28. The third kappa shape index (κ3) is 3.54. The molecule has 1 amide bonds. The first kappa shape index (κ1) is 18.3. The Bertz CT molecular complexity index is 973. The summed E-state index contributed by atoms with van der Waals surface area (Å²) in [7, 11) is 1.82. The number of hydrogen-bond donors (Lipinski definition) is 0. The molecule has 3 aromatic heterocycles. The second-order valence-corrected chi connectivity index (χ2v) is 7.30. The van der Waals surface area contributed by atoms with Gasteiger partial charge in [-0.25, -0.2) is 4.98 Å². The van der Waals surface area contributed by atoms with Gasteiger partial charge < -0.3 is 9.42 Å². The van der Waals surface area contributed by atoms with Gasteiger partial charge in [0, 0.05) is 32.0 Å². The van der Waals surface area contributed by atoms with Crippen LogP contribution in [0.5, 0.6) is 0 Å².